The Morgan fingerprint density at radius 1 is 1.32 bits per heavy atom. The SMILES string of the molecule is CN1CC(N(C)[C@]2(CCc3cccc(C(F)(F)F)c3)CCC[NH2+]C2)C1. The monoisotopic (exact) mass is 356 g/mol. The summed E-state index contributed by atoms with van der Waals surface area (Å²) in [5.41, 5.74) is 0.348. The molecule has 0 aromatic heterocycles. The number of aryl methyl sites for hydroxylation is 1. The number of benzene rings is 1. The highest BCUT2D eigenvalue weighted by molar-refractivity contribution is 5.26. The third-order valence-corrected chi connectivity index (χ3v) is 6.05. The molecule has 0 bridgehead atoms. The van der Waals surface area contributed by atoms with Crippen molar-refractivity contribution in [2.75, 3.05) is 40.3 Å². The molecule has 2 aliphatic rings. The van der Waals surface area contributed by atoms with Crippen molar-refractivity contribution in [3.8, 4) is 0 Å². The lowest BCUT2D eigenvalue weighted by atomic mass is 9.81. The van der Waals surface area contributed by atoms with Crippen LogP contribution < -0.4 is 5.32 Å². The third kappa shape index (κ3) is 4.18. The van der Waals surface area contributed by atoms with Crippen molar-refractivity contribution in [2.24, 2.45) is 0 Å². The van der Waals surface area contributed by atoms with E-state index < -0.39 is 11.7 Å². The Hall–Kier alpha value is -1.11. The molecule has 0 aliphatic carbocycles. The number of hydrogen-bond acceptors (Lipinski definition) is 2. The van der Waals surface area contributed by atoms with Crippen LogP contribution in [0, 0.1) is 0 Å². The first kappa shape index (κ1) is 18.7. The lowest BCUT2D eigenvalue weighted by Crippen LogP contribution is -2.92. The number of rotatable bonds is 5. The Morgan fingerprint density at radius 3 is 2.68 bits per heavy atom. The van der Waals surface area contributed by atoms with Crippen molar-refractivity contribution in [1.82, 2.24) is 9.80 Å². The van der Waals surface area contributed by atoms with Gasteiger partial charge in [-0.3, -0.25) is 4.90 Å². The van der Waals surface area contributed by atoms with Crippen LogP contribution in [0.3, 0.4) is 0 Å². The molecule has 0 radical (unpaired) electrons. The van der Waals surface area contributed by atoms with Gasteiger partial charge in [-0.25, -0.2) is 0 Å². The summed E-state index contributed by atoms with van der Waals surface area (Å²) in [5.74, 6) is 0. The molecule has 2 fully saturated rings. The maximum atomic E-state index is 12.9. The number of nitrogens with zero attached hydrogens (tertiary/aromatic N) is 2. The number of nitrogens with two attached hydrogens (primary N) is 1. The molecule has 6 heteroatoms. The predicted octanol–water partition coefficient (Wildman–Crippen LogP) is 1.98. The summed E-state index contributed by atoms with van der Waals surface area (Å²) < 4.78 is 38.8. The fraction of sp³-hybridized carbons (Fsp3) is 0.684. The zero-order chi connectivity index (χ0) is 18.1. The zero-order valence-corrected chi connectivity index (χ0v) is 15.1. The molecule has 0 spiro atoms. The highest BCUT2D eigenvalue weighted by atomic mass is 19.4. The van der Waals surface area contributed by atoms with Gasteiger partial charge in [-0.2, -0.15) is 13.2 Å². The Balaban J connectivity index is 1.71. The molecular formula is C19H29F3N3+. The highest BCUT2D eigenvalue weighted by Crippen LogP contribution is 2.33. The Morgan fingerprint density at radius 2 is 2.08 bits per heavy atom. The van der Waals surface area contributed by atoms with Gasteiger partial charge in [0.1, 0.15) is 0 Å². The van der Waals surface area contributed by atoms with E-state index in [0.717, 1.165) is 50.7 Å². The number of hydrogen-bond donors (Lipinski definition) is 1. The first-order valence-electron chi connectivity index (χ1n) is 9.19. The Kier molecular flexibility index (Phi) is 5.42. The first-order valence-corrected chi connectivity index (χ1v) is 9.19. The second-order valence-electron chi connectivity index (χ2n) is 7.79. The van der Waals surface area contributed by atoms with Gasteiger partial charge in [-0.1, -0.05) is 18.2 Å². The summed E-state index contributed by atoms with van der Waals surface area (Å²) in [4.78, 5) is 4.84. The van der Waals surface area contributed by atoms with Crippen LogP contribution in [0.2, 0.25) is 0 Å². The molecular weight excluding hydrogens is 327 g/mol. The Bertz CT molecular complexity index is 576. The second kappa shape index (κ2) is 7.25. The molecule has 0 amide bonds. The maximum Gasteiger partial charge on any atom is 0.416 e. The van der Waals surface area contributed by atoms with Crippen molar-refractivity contribution in [3.05, 3.63) is 35.4 Å². The Labute approximate surface area is 148 Å². The molecule has 2 saturated heterocycles. The number of halogens is 3. The van der Waals surface area contributed by atoms with E-state index >= 15 is 0 Å². The topological polar surface area (TPSA) is 23.1 Å². The molecule has 1 atom stereocenters. The molecule has 3 rings (SSSR count). The summed E-state index contributed by atoms with van der Waals surface area (Å²) in [7, 11) is 4.34. The van der Waals surface area contributed by atoms with Gasteiger partial charge in [0.15, 0.2) is 0 Å². The summed E-state index contributed by atoms with van der Waals surface area (Å²) in [5, 5.41) is 2.37. The summed E-state index contributed by atoms with van der Waals surface area (Å²) in [6.07, 6.45) is -0.333. The van der Waals surface area contributed by atoms with Gasteiger partial charge >= 0.3 is 6.18 Å². The molecule has 1 aromatic carbocycles. The quantitative estimate of drug-likeness (QED) is 0.872. The summed E-state index contributed by atoms with van der Waals surface area (Å²) in [6.45, 7) is 4.37. The minimum absolute atomic E-state index is 0.0956. The van der Waals surface area contributed by atoms with Crippen LogP contribution in [0.25, 0.3) is 0 Å². The molecule has 2 aliphatic heterocycles. The van der Waals surface area contributed by atoms with Crippen LogP contribution in [0.5, 0.6) is 0 Å². The van der Waals surface area contributed by atoms with E-state index in [1.165, 1.54) is 18.6 Å². The number of likely N-dealkylation sites (N-methyl/N-ethyl adjacent to an activating group) is 2. The number of alkyl halides is 3. The smallest absolute Gasteiger partial charge is 0.345 e. The average Bonchev–Trinajstić information content (AvgIpc) is 2.57. The molecule has 1 aromatic rings. The fourth-order valence-corrected chi connectivity index (χ4v) is 4.35. The summed E-state index contributed by atoms with van der Waals surface area (Å²) >= 11 is 0. The van der Waals surface area contributed by atoms with Gasteiger partial charge in [-0.05, 0) is 51.4 Å². The van der Waals surface area contributed by atoms with E-state index in [4.69, 9.17) is 0 Å². The first-order chi connectivity index (χ1) is 11.8. The van der Waals surface area contributed by atoms with Gasteiger partial charge in [0.2, 0.25) is 0 Å². The van der Waals surface area contributed by atoms with E-state index in [1.54, 1.807) is 0 Å². The van der Waals surface area contributed by atoms with Crippen LogP contribution in [-0.2, 0) is 12.6 Å². The van der Waals surface area contributed by atoms with Crippen molar-refractivity contribution in [1.29, 1.82) is 0 Å². The zero-order valence-electron chi connectivity index (χ0n) is 15.1. The van der Waals surface area contributed by atoms with Gasteiger partial charge in [0, 0.05) is 19.1 Å². The van der Waals surface area contributed by atoms with Gasteiger partial charge < -0.3 is 10.2 Å². The van der Waals surface area contributed by atoms with E-state index in [9.17, 15) is 13.2 Å². The molecule has 25 heavy (non-hydrogen) atoms. The number of likely N-dealkylation sites (tertiary alicyclic amines) is 1. The van der Waals surface area contributed by atoms with Gasteiger partial charge in [0.05, 0.1) is 24.2 Å². The van der Waals surface area contributed by atoms with Crippen LogP contribution in [0.1, 0.15) is 30.4 Å². The standard InChI is InChI=1S/C19H28F3N3/c1-24-12-17(13-24)25(2)18(8-4-10-23-14-18)9-7-15-5-3-6-16(11-15)19(20,21)22/h3,5-6,11,17,23H,4,7-10,12-14H2,1-2H3/p+1/t18-/m0/s1. The van der Waals surface area contributed by atoms with Crippen LogP contribution in [0.4, 0.5) is 13.2 Å². The number of piperidine rings is 1. The highest BCUT2D eigenvalue weighted by Gasteiger charge is 2.43. The van der Waals surface area contributed by atoms with Crippen molar-refractivity contribution >= 4 is 0 Å². The normalized spacial score (nSPS) is 26.0. The van der Waals surface area contributed by atoms with Gasteiger partial charge in [0.25, 0.3) is 0 Å². The molecule has 140 valence electrons. The molecule has 0 unspecified atom stereocenters. The molecule has 2 heterocycles. The van der Waals surface area contributed by atoms with E-state index in [0.29, 0.717) is 12.5 Å². The molecule has 2 N–H and O–H groups in total. The lowest BCUT2D eigenvalue weighted by molar-refractivity contribution is -0.674. The van der Waals surface area contributed by atoms with E-state index in [1.807, 2.05) is 6.07 Å². The van der Waals surface area contributed by atoms with E-state index in [2.05, 4.69) is 29.2 Å². The van der Waals surface area contributed by atoms with Crippen LogP contribution in [-0.4, -0.2) is 61.7 Å². The number of quaternary nitrogens is 1. The van der Waals surface area contributed by atoms with Gasteiger partial charge in [-0.15, -0.1) is 0 Å². The molecule has 0 saturated carbocycles. The third-order valence-electron chi connectivity index (χ3n) is 6.05. The average molecular weight is 356 g/mol. The van der Waals surface area contributed by atoms with Crippen LogP contribution >= 0.6 is 0 Å². The lowest BCUT2D eigenvalue weighted by Gasteiger charge is -2.52. The van der Waals surface area contributed by atoms with Crippen molar-refractivity contribution in [3.63, 3.8) is 0 Å². The van der Waals surface area contributed by atoms with E-state index in [-0.39, 0.29) is 5.54 Å². The summed E-state index contributed by atoms with van der Waals surface area (Å²) in [6, 6.07) is 6.40. The second-order valence-corrected chi connectivity index (χ2v) is 7.79. The van der Waals surface area contributed by atoms with Crippen molar-refractivity contribution < 1.29 is 18.5 Å². The predicted molar refractivity (Wildman–Crippen MR) is 92.4 cm³/mol. The molecule has 3 nitrogen and oxygen atoms in total. The van der Waals surface area contributed by atoms with Crippen molar-refractivity contribution in [2.45, 2.75) is 43.4 Å². The minimum Gasteiger partial charge on any atom is -0.345 e. The minimum atomic E-state index is -4.26. The fourth-order valence-electron chi connectivity index (χ4n) is 4.35. The van der Waals surface area contributed by atoms with Crippen LogP contribution in [0.15, 0.2) is 24.3 Å². The maximum absolute atomic E-state index is 12.9. The largest absolute Gasteiger partial charge is 0.416 e.